The molecule has 0 radical (unpaired) electrons. The second kappa shape index (κ2) is 5.83. The van der Waals surface area contributed by atoms with Gasteiger partial charge in [0, 0.05) is 5.69 Å². The van der Waals surface area contributed by atoms with Gasteiger partial charge in [0.15, 0.2) is 0 Å². The molecule has 7 heteroatoms. The first-order valence-electron chi connectivity index (χ1n) is 4.81. The number of hydrogen-bond acceptors (Lipinski definition) is 4. The molecule has 1 aromatic carbocycles. The molecule has 7 nitrogen and oxygen atoms in total. The Kier molecular flexibility index (Phi) is 4.44. The van der Waals surface area contributed by atoms with Gasteiger partial charge in [-0.1, -0.05) is 12.1 Å². The number of hydroxylamine groups is 1. The quantitative estimate of drug-likeness (QED) is 0.378. The van der Waals surface area contributed by atoms with Crippen LogP contribution in [-0.4, -0.2) is 28.4 Å². The van der Waals surface area contributed by atoms with Crippen LogP contribution in [0.25, 0.3) is 0 Å². The Morgan fingerprint density at radius 1 is 1.29 bits per heavy atom. The first-order valence-corrected chi connectivity index (χ1v) is 4.81. The van der Waals surface area contributed by atoms with Gasteiger partial charge in [0.25, 0.3) is 0 Å². The van der Waals surface area contributed by atoms with E-state index in [9.17, 15) is 9.59 Å². The van der Waals surface area contributed by atoms with Gasteiger partial charge < -0.3 is 16.2 Å². The average Bonchev–Trinajstić information content (AvgIpc) is 2.31. The minimum Gasteiger partial charge on any atom is -0.480 e. The maximum Gasteiger partial charge on any atom is 0.342 e. The summed E-state index contributed by atoms with van der Waals surface area (Å²) in [5.74, 6) is -1.06. The van der Waals surface area contributed by atoms with Crippen molar-refractivity contribution < 1.29 is 19.9 Å². The smallest absolute Gasteiger partial charge is 0.342 e. The zero-order valence-electron chi connectivity index (χ0n) is 8.88. The van der Waals surface area contributed by atoms with E-state index in [0.29, 0.717) is 5.69 Å². The van der Waals surface area contributed by atoms with Crippen LogP contribution in [0.5, 0.6) is 0 Å². The van der Waals surface area contributed by atoms with Gasteiger partial charge in [0.2, 0.25) is 0 Å². The number of benzene rings is 1. The number of hydrogen-bond donors (Lipinski definition) is 5. The van der Waals surface area contributed by atoms with Crippen molar-refractivity contribution >= 4 is 17.7 Å². The molecular weight excluding hydrogens is 226 g/mol. The van der Waals surface area contributed by atoms with Gasteiger partial charge in [0.05, 0.1) is 0 Å². The Balaban J connectivity index is 2.62. The third-order valence-corrected chi connectivity index (χ3v) is 2.09. The zero-order valence-corrected chi connectivity index (χ0v) is 8.88. The Morgan fingerprint density at radius 3 is 2.35 bits per heavy atom. The van der Waals surface area contributed by atoms with Crippen LogP contribution >= 0.6 is 0 Å². The molecule has 0 fully saturated rings. The fourth-order valence-electron chi connectivity index (χ4n) is 1.22. The highest BCUT2D eigenvalue weighted by Gasteiger charge is 2.11. The molecule has 0 aliphatic rings. The van der Waals surface area contributed by atoms with E-state index in [0.717, 1.165) is 5.56 Å². The van der Waals surface area contributed by atoms with E-state index in [1.165, 1.54) is 5.48 Å². The molecular formula is C10H13N3O4. The Bertz CT molecular complexity index is 405. The predicted molar refractivity (Wildman–Crippen MR) is 59.7 cm³/mol. The fraction of sp³-hybridized carbons (Fsp3) is 0.200. The number of urea groups is 1. The monoisotopic (exact) mass is 239 g/mol. The molecule has 0 saturated heterocycles. The number of nitrogens with one attached hydrogen (secondary N) is 2. The molecule has 1 aromatic rings. The van der Waals surface area contributed by atoms with E-state index in [4.69, 9.17) is 16.0 Å². The molecule has 92 valence electrons. The molecule has 1 atom stereocenters. The summed E-state index contributed by atoms with van der Waals surface area (Å²) in [6.45, 7) is 0. The van der Waals surface area contributed by atoms with Crippen LogP contribution in [0.2, 0.25) is 0 Å². The second-order valence-electron chi connectivity index (χ2n) is 3.41. The second-order valence-corrected chi connectivity index (χ2v) is 3.41. The largest absolute Gasteiger partial charge is 0.480 e. The van der Waals surface area contributed by atoms with Crippen molar-refractivity contribution in [3.8, 4) is 0 Å². The molecule has 0 bridgehead atoms. The molecule has 0 aliphatic carbocycles. The lowest BCUT2D eigenvalue weighted by Crippen LogP contribution is -2.32. The molecule has 6 N–H and O–H groups in total. The summed E-state index contributed by atoms with van der Waals surface area (Å²) >= 11 is 0. The summed E-state index contributed by atoms with van der Waals surface area (Å²) in [5, 5.41) is 19.3. The Labute approximate surface area is 97.2 Å². The van der Waals surface area contributed by atoms with Gasteiger partial charge in [-0.25, -0.2) is 10.3 Å². The maximum atomic E-state index is 10.8. The van der Waals surface area contributed by atoms with E-state index in [1.54, 1.807) is 24.3 Å². The standard InChI is InChI=1S/C10H13N3O4/c11-8(9(14)15)5-6-1-3-7(4-2-6)12-10(16)13-17/h1-4,8,17H,5,11H2,(H,14,15)(H2,12,13,16)/t8-/m0/s1. The zero-order chi connectivity index (χ0) is 12.8. The lowest BCUT2D eigenvalue weighted by Gasteiger charge is -2.08. The molecule has 0 spiro atoms. The number of carboxylic acid groups (broad SMARTS) is 1. The number of carboxylic acids is 1. The number of amides is 2. The van der Waals surface area contributed by atoms with Crippen molar-refractivity contribution in [3.05, 3.63) is 29.8 Å². The summed E-state index contributed by atoms with van der Waals surface area (Å²) in [7, 11) is 0. The predicted octanol–water partition coefficient (Wildman–Crippen LogP) is 0.152. The highest BCUT2D eigenvalue weighted by atomic mass is 16.5. The normalized spacial score (nSPS) is 11.6. The topological polar surface area (TPSA) is 125 Å². The highest BCUT2D eigenvalue weighted by Crippen LogP contribution is 2.10. The number of rotatable bonds is 4. The van der Waals surface area contributed by atoms with Crippen LogP contribution in [0, 0.1) is 0 Å². The Morgan fingerprint density at radius 2 is 1.88 bits per heavy atom. The van der Waals surface area contributed by atoms with Gasteiger partial charge in [-0.3, -0.25) is 10.0 Å². The van der Waals surface area contributed by atoms with E-state index in [1.807, 2.05) is 0 Å². The van der Waals surface area contributed by atoms with Crippen molar-refractivity contribution in [1.82, 2.24) is 5.48 Å². The molecule has 0 unspecified atom stereocenters. The average molecular weight is 239 g/mol. The molecule has 0 aromatic heterocycles. The third-order valence-electron chi connectivity index (χ3n) is 2.09. The summed E-state index contributed by atoms with van der Waals surface area (Å²) in [4.78, 5) is 21.3. The molecule has 17 heavy (non-hydrogen) atoms. The first-order chi connectivity index (χ1) is 8.02. The van der Waals surface area contributed by atoms with Crippen LogP contribution in [0.3, 0.4) is 0 Å². The molecule has 0 saturated carbocycles. The number of carbonyl (C=O) groups excluding carboxylic acids is 1. The lowest BCUT2D eigenvalue weighted by atomic mass is 10.1. The van der Waals surface area contributed by atoms with Crippen LogP contribution < -0.4 is 16.5 Å². The van der Waals surface area contributed by atoms with Gasteiger partial charge in [-0.05, 0) is 24.1 Å². The first kappa shape index (κ1) is 12.9. The van der Waals surface area contributed by atoms with Crippen LogP contribution in [0.1, 0.15) is 5.56 Å². The van der Waals surface area contributed by atoms with Crippen LogP contribution in [0.15, 0.2) is 24.3 Å². The number of aliphatic carboxylic acids is 1. The summed E-state index contributed by atoms with van der Waals surface area (Å²) in [6, 6.07) is 4.76. The van der Waals surface area contributed by atoms with Gasteiger partial charge in [-0.15, -0.1) is 0 Å². The van der Waals surface area contributed by atoms with Crippen molar-refractivity contribution in [1.29, 1.82) is 0 Å². The van der Waals surface area contributed by atoms with E-state index in [-0.39, 0.29) is 6.42 Å². The van der Waals surface area contributed by atoms with E-state index >= 15 is 0 Å². The molecule has 2 amide bonds. The fourth-order valence-corrected chi connectivity index (χ4v) is 1.22. The number of nitrogens with two attached hydrogens (primary N) is 1. The molecule has 0 heterocycles. The SMILES string of the molecule is N[C@@H](Cc1ccc(NC(=O)NO)cc1)C(=O)O. The summed E-state index contributed by atoms with van der Waals surface area (Å²) in [5.41, 5.74) is 8.03. The van der Waals surface area contributed by atoms with Gasteiger partial charge in [-0.2, -0.15) is 0 Å². The summed E-state index contributed by atoms with van der Waals surface area (Å²) in [6.07, 6.45) is 0.210. The van der Waals surface area contributed by atoms with Crippen molar-refractivity contribution in [3.63, 3.8) is 0 Å². The molecule has 0 aliphatic heterocycles. The minimum absolute atomic E-state index is 0.210. The highest BCUT2D eigenvalue weighted by molar-refractivity contribution is 5.88. The van der Waals surface area contributed by atoms with Crippen molar-refractivity contribution in [2.24, 2.45) is 5.73 Å². The molecule has 1 rings (SSSR count). The minimum atomic E-state index is -1.06. The summed E-state index contributed by atoms with van der Waals surface area (Å²) < 4.78 is 0. The number of carbonyl (C=O) groups is 2. The van der Waals surface area contributed by atoms with E-state index in [2.05, 4.69) is 5.32 Å². The van der Waals surface area contributed by atoms with Crippen LogP contribution in [0.4, 0.5) is 10.5 Å². The van der Waals surface area contributed by atoms with Crippen molar-refractivity contribution in [2.45, 2.75) is 12.5 Å². The Hall–Kier alpha value is -2.12. The lowest BCUT2D eigenvalue weighted by molar-refractivity contribution is -0.138. The third kappa shape index (κ3) is 4.09. The van der Waals surface area contributed by atoms with Crippen LogP contribution in [-0.2, 0) is 11.2 Å². The van der Waals surface area contributed by atoms with Gasteiger partial charge in [0.1, 0.15) is 6.04 Å². The maximum absolute atomic E-state index is 10.8. The van der Waals surface area contributed by atoms with E-state index < -0.39 is 18.0 Å². The van der Waals surface area contributed by atoms with Gasteiger partial charge >= 0.3 is 12.0 Å². The van der Waals surface area contributed by atoms with Crippen molar-refractivity contribution in [2.75, 3.05) is 5.32 Å². The number of anilines is 1.